The van der Waals surface area contributed by atoms with Gasteiger partial charge in [-0.3, -0.25) is 9.59 Å². The molecule has 0 aliphatic rings. The summed E-state index contributed by atoms with van der Waals surface area (Å²) >= 11 is 0. The first-order valence-electron chi connectivity index (χ1n) is 5.61. The highest BCUT2D eigenvalue weighted by molar-refractivity contribution is 5.84. The molecule has 94 valence electrons. The van der Waals surface area contributed by atoms with Crippen LogP contribution in [0.5, 0.6) is 0 Å². The summed E-state index contributed by atoms with van der Waals surface area (Å²) < 4.78 is 0. The highest BCUT2D eigenvalue weighted by Gasteiger charge is 2.31. The quantitative estimate of drug-likeness (QED) is 0.577. The molecule has 0 aromatic carbocycles. The van der Waals surface area contributed by atoms with Crippen molar-refractivity contribution in [3.8, 4) is 0 Å². The molecule has 5 nitrogen and oxygen atoms in total. The summed E-state index contributed by atoms with van der Waals surface area (Å²) in [7, 11) is 0. The van der Waals surface area contributed by atoms with E-state index in [-0.39, 0.29) is 12.5 Å². The second-order valence-electron chi connectivity index (χ2n) is 4.40. The number of carboxylic acid groups (broad SMARTS) is 1. The molecule has 2 atom stereocenters. The van der Waals surface area contributed by atoms with E-state index in [1.165, 1.54) is 0 Å². The van der Waals surface area contributed by atoms with E-state index in [9.17, 15) is 9.59 Å². The van der Waals surface area contributed by atoms with Crippen LogP contribution in [0.2, 0.25) is 0 Å². The van der Waals surface area contributed by atoms with E-state index in [2.05, 4.69) is 5.32 Å². The molecule has 0 heterocycles. The SMILES string of the molecule is CCC(C)NC(C)(CCCC(=O)O)C(N)=O. The van der Waals surface area contributed by atoms with Crippen molar-refractivity contribution < 1.29 is 14.7 Å². The summed E-state index contributed by atoms with van der Waals surface area (Å²) in [6, 6.07) is 0.183. The standard InChI is InChI=1S/C11H22N2O3/c1-4-8(2)13-11(3,10(12)16)7-5-6-9(14)15/h8,13H,4-7H2,1-3H3,(H2,12,16)(H,14,15). The zero-order chi connectivity index (χ0) is 12.8. The first kappa shape index (κ1) is 14.9. The Balaban J connectivity index is 4.33. The Morgan fingerprint density at radius 3 is 2.44 bits per heavy atom. The molecule has 4 N–H and O–H groups in total. The lowest BCUT2D eigenvalue weighted by molar-refractivity contribution is -0.137. The minimum absolute atomic E-state index is 0.0606. The fourth-order valence-electron chi connectivity index (χ4n) is 1.51. The topological polar surface area (TPSA) is 92.4 Å². The Morgan fingerprint density at radius 1 is 1.50 bits per heavy atom. The molecule has 0 aliphatic carbocycles. The van der Waals surface area contributed by atoms with E-state index in [0.717, 1.165) is 6.42 Å². The van der Waals surface area contributed by atoms with Crippen molar-refractivity contribution in [1.29, 1.82) is 0 Å². The number of nitrogens with two attached hydrogens (primary N) is 1. The molecule has 1 amide bonds. The summed E-state index contributed by atoms with van der Waals surface area (Å²) in [5.74, 6) is -1.28. The fraction of sp³-hybridized carbons (Fsp3) is 0.818. The van der Waals surface area contributed by atoms with Crippen molar-refractivity contribution in [2.24, 2.45) is 5.73 Å². The van der Waals surface area contributed by atoms with Gasteiger partial charge in [0.05, 0.1) is 5.54 Å². The fourth-order valence-corrected chi connectivity index (χ4v) is 1.51. The first-order valence-corrected chi connectivity index (χ1v) is 5.61. The first-order chi connectivity index (χ1) is 7.31. The lowest BCUT2D eigenvalue weighted by Crippen LogP contribution is -2.55. The molecule has 0 saturated carbocycles. The van der Waals surface area contributed by atoms with E-state index < -0.39 is 17.4 Å². The average molecular weight is 230 g/mol. The van der Waals surface area contributed by atoms with E-state index in [4.69, 9.17) is 10.8 Å². The van der Waals surface area contributed by atoms with Crippen LogP contribution in [0, 0.1) is 0 Å². The van der Waals surface area contributed by atoms with Crippen LogP contribution >= 0.6 is 0 Å². The van der Waals surface area contributed by atoms with E-state index in [1.54, 1.807) is 6.92 Å². The number of carboxylic acids is 1. The number of nitrogens with one attached hydrogen (secondary N) is 1. The van der Waals surface area contributed by atoms with Crippen LogP contribution in [0.4, 0.5) is 0 Å². The lowest BCUT2D eigenvalue weighted by atomic mass is 9.92. The van der Waals surface area contributed by atoms with E-state index in [1.807, 2.05) is 13.8 Å². The number of rotatable bonds is 8. The van der Waals surface area contributed by atoms with Gasteiger partial charge >= 0.3 is 5.97 Å². The van der Waals surface area contributed by atoms with Gasteiger partial charge in [0, 0.05) is 12.5 Å². The van der Waals surface area contributed by atoms with Crippen molar-refractivity contribution in [3.63, 3.8) is 0 Å². The number of amides is 1. The van der Waals surface area contributed by atoms with Crippen LogP contribution < -0.4 is 11.1 Å². The maximum atomic E-state index is 11.4. The second-order valence-corrected chi connectivity index (χ2v) is 4.40. The Hall–Kier alpha value is -1.10. The number of primary amides is 1. The van der Waals surface area contributed by atoms with Gasteiger partial charge in [-0.2, -0.15) is 0 Å². The molecule has 0 bridgehead atoms. The molecule has 0 aromatic rings. The lowest BCUT2D eigenvalue weighted by Gasteiger charge is -2.30. The van der Waals surface area contributed by atoms with Crippen LogP contribution in [0.3, 0.4) is 0 Å². The van der Waals surface area contributed by atoms with Crippen molar-refractivity contribution in [2.45, 2.75) is 58.0 Å². The van der Waals surface area contributed by atoms with Gasteiger partial charge in [-0.25, -0.2) is 0 Å². The highest BCUT2D eigenvalue weighted by atomic mass is 16.4. The van der Waals surface area contributed by atoms with Crippen molar-refractivity contribution in [1.82, 2.24) is 5.32 Å². The van der Waals surface area contributed by atoms with Crippen LogP contribution in [0.25, 0.3) is 0 Å². The van der Waals surface area contributed by atoms with Crippen LogP contribution in [0.1, 0.15) is 46.5 Å². The monoisotopic (exact) mass is 230 g/mol. The normalized spacial score (nSPS) is 16.4. The Kier molecular flexibility index (Phi) is 6.03. The van der Waals surface area contributed by atoms with Gasteiger partial charge in [0.1, 0.15) is 0 Å². The van der Waals surface area contributed by atoms with Gasteiger partial charge in [-0.15, -0.1) is 0 Å². The largest absolute Gasteiger partial charge is 0.481 e. The van der Waals surface area contributed by atoms with Gasteiger partial charge < -0.3 is 16.2 Å². The van der Waals surface area contributed by atoms with Gasteiger partial charge in [-0.1, -0.05) is 6.92 Å². The van der Waals surface area contributed by atoms with E-state index in [0.29, 0.717) is 12.8 Å². The van der Waals surface area contributed by atoms with Crippen LogP contribution in [-0.2, 0) is 9.59 Å². The number of carbonyl (C=O) groups excluding carboxylic acids is 1. The zero-order valence-electron chi connectivity index (χ0n) is 10.2. The minimum atomic E-state index is -0.852. The molecule has 0 saturated heterocycles. The van der Waals surface area contributed by atoms with Gasteiger partial charge in [0.25, 0.3) is 0 Å². The number of aliphatic carboxylic acids is 1. The second kappa shape index (κ2) is 6.48. The Morgan fingerprint density at radius 2 is 2.06 bits per heavy atom. The van der Waals surface area contributed by atoms with Crippen LogP contribution in [0.15, 0.2) is 0 Å². The minimum Gasteiger partial charge on any atom is -0.481 e. The number of carbonyl (C=O) groups is 2. The Labute approximate surface area is 96.4 Å². The summed E-state index contributed by atoms with van der Waals surface area (Å²) in [4.78, 5) is 21.8. The summed E-state index contributed by atoms with van der Waals surface area (Å²) in [5.41, 5.74) is 4.53. The van der Waals surface area contributed by atoms with Crippen molar-refractivity contribution in [3.05, 3.63) is 0 Å². The zero-order valence-corrected chi connectivity index (χ0v) is 10.2. The number of hydrogen-bond donors (Lipinski definition) is 3. The molecule has 0 aromatic heterocycles. The smallest absolute Gasteiger partial charge is 0.303 e. The molecular weight excluding hydrogens is 208 g/mol. The third-order valence-electron chi connectivity index (χ3n) is 2.79. The van der Waals surface area contributed by atoms with Crippen molar-refractivity contribution >= 4 is 11.9 Å². The molecule has 0 spiro atoms. The maximum Gasteiger partial charge on any atom is 0.303 e. The molecule has 0 aliphatic heterocycles. The van der Waals surface area contributed by atoms with Gasteiger partial charge in [0.2, 0.25) is 5.91 Å². The summed E-state index contributed by atoms with van der Waals surface area (Å²) in [6.07, 6.45) is 1.84. The molecule has 0 fully saturated rings. The summed E-state index contributed by atoms with van der Waals surface area (Å²) in [5, 5.41) is 11.7. The number of hydrogen-bond acceptors (Lipinski definition) is 3. The summed E-state index contributed by atoms with van der Waals surface area (Å²) in [6.45, 7) is 5.71. The molecule has 0 radical (unpaired) electrons. The third-order valence-corrected chi connectivity index (χ3v) is 2.79. The van der Waals surface area contributed by atoms with Gasteiger partial charge in [0.15, 0.2) is 0 Å². The van der Waals surface area contributed by atoms with Gasteiger partial charge in [-0.05, 0) is 33.1 Å². The highest BCUT2D eigenvalue weighted by Crippen LogP contribution is 2.15. The average Bonchev–Trinajstić information content (AvgIpc) is 2.16. The molecule has 16 heavy (non-hydrogen) atoms. The predicted octanol–water partition coefficient (Wildman–Crippen LogP) is 0.873. The maximum absolute atomic E-state index is 11.4. The molecular formula is C11H22N2O3. The molecule has 5 heteroatoms. The molecule has 0 rings (SSSR count). The third kappa shape index (κ3) is 5.11. The van der Waals surface area contributed by atoms with E-state index >= 15 is 0 Å². The van der Waals surface area contributed by atoms with Crippen molar-refractivity contribution in [2.75, 3.05) is 0 Å². The predicted molar refractivity (Wildman–Crippen MR) is 62.0 cm³/mol. The van der Waals surface area contributed by atoms with Crippen LogP contribution in [-0.4, -0.2) is 28.6 Å². The Bertz CT molecular complexity index is 256. The molecule has 2 unspecified atom stereocenters.